The van der Waals surface area contributed by atoms with Crippen molar-refractivity contribution in [2.75, 3.05) is 6.54 Å². The highest BCUT2D eigenvalue weighted by Crippen LogP contribution is 2.27. The van der Waals surface area contributed by atoms with Crippen LogP contribution < -0.4 is 5.32 Å². The summed E-state index contributed by atoms with van der Waals surface area (Å²) in [5.41, 5.74) is 0. The van der Waals surface area contributed by atoms with Crippen molar-refractivity contribution in [2.24, 2.45) is 11.8 Å². The molecule has 90 valence electrons. The van der Waals surface area contributed by atoms with E-state index in [-0.39, 0.29) is 0 Å². The highest BCUT2D eigenvalue weighted by Gasteiger charge is 2.21. The van der Waals surface area contributed by atoms with Gasteiger partial charge in [0.25, 0.3) is 0 Å². The van der Waals surface area contributed by atoms with E-state index in [2.05, 4.69) is 11.4 Å². The van der Waals surface area contributed by atoms with Crippen LogP contribution in [0.3, 0.4) is 0 Å². The maximum Gasteiger partial charge on any atom is 0.0655 e. The van der Waals surface area contributed by atoms with Crippen LogP contribution in [0.4, 0.5) is 0 Å². The van der Waals surface area contributed by atoms with Gasteiger partial charge in [-0.2, -0.15) is 5.26 Å². The molecule has 0 radical (unpaired) electrons. The normalized spacial score (nSPS) is 31.4. The van der Waals surface area contributed by atoms with E-state index in [1.165, 1.54) is 51.5 Å². The molecule has 0 aromatic heterocycles. The van der Waals surface area contributed by atoms with E-state index < -0.39 is 0 Å². The average molecular weight is 220 g/mol. The standard InChI is InChI=1S/C14H24N2/c15-11-13-5-7-14(8-6-13)16-10-9-12-3-1-2-4-12/h12-14,16H,1-10H2. The number of nitrogens with one attached hydrogen (secondary N) is 1. The van der Waals surface area contributed by atoms with Crippen molar-refractivity contribution in [3.8, 4) is 6.07 Å². The van der Waals surface area contributed by atoms with Crippen molar-refractivity contribution in [3.63, 3.8) is 0 Å². The third kappa shape index (κ3) is 3.49. The van der Waals surface area contributed by atoms with Gasteiger partial charge in [-0.25, -0.2) is 0 Å². The van der Waals surface area contributed by atoms with Crippen molar-refractivity contribution >= 4 is 0 Å². The van der Waals surface area contributed by atoms with Gasteiger partial charge in [0, 0.05) is 12.0 Å². The van der Waals surface area contributed by atoms with Crippen molar-refractivity contribution < 1.29 is 0 Å². The van der Waals surface area contributed by atoms with Gasteiger partial charge in [-0.1, -0.05) is 25.7 Å². The Morgan fingerprint density at radius 2 is 1.69 bits per heavy atom. The maximum atomic E-state index is 8.83. The molecule has 0 amide bonds. The summed E-state index contributed by atoms with van der Waals surface area (Å²) < 4.78 is 0. The molecule has 2 saturated carbocycles. The van der Waals surface area contributed by atoms with Crippen LogP contribution in [-0.2, 0) is 0 Å². The fourth-order valence-electron chi connectivity index (χ4n) is 3.22. The van der Waals surface area contributed by atoms with E-state index in [0.717, 1.165) is 18.8 Å². The van der Waals surface area contributed by atoms with E-state index in [4.69, 9.17) is 5.26 Å². The van der Waals surface area contributed by atoms with Crippen LogP contribution in [-0.4, -0.2) is 12.6 Å². The van der Waals surface area contributed by atoms with Crippen LogP contribution in [0, 0.1) is 23.2 Å². The summed E-state index contributed by atoms with van der Waals surface area (Å²) in [5, 5.41) is 12.5. The summed E-state index contributed by atoms with van der Waals surface area (Å²) in [4.78, 5) is 0. The zero-order valence-corrected chi connectivity index (χ0v) is 10.3. The van der Waals surface area contributed by atoms with Crippen molar-refractivity contribution in [1.29, 1.82) is 5.26 Å². The van der Waals surface area contributed by atoms with E-state index in [1.807, 2.05) is 0 Å². The van der Waals surface area contributed by atoms with Crippen LogP contribution in [0.25, 0.3) is 0 Å². The Morgan fingerprint density at radius 3 is 2.31 bits per heavy atom. The third-order valence-electron chi connectivity index (χ3n) is 4.37. The fourth-order valence-corrected chi connectivity index (χ4v) is 3.22. The number of nitrogens with zero attached hydrogens (tertiary/aromatic N) is 1. The molecule has 2 fully saturated rings. The minimum Gasteiger partial charge on any atom is -0.314 e. The molecule has 0 aliphatic heterocycles. The molecular weight excluding hydrogens is 196 g/mol. The van der Waals surface area contributed by atoms with Gasteiger partial charge in [0.2, 0.25) is 0 Å². The van der Waals surface area contributed by atoms with E-state index in [9.17, 15) is 0 Å². The summed E-state index contributed by atoms with van der Waals surface area (Å²) in [7, 11) is 0. The average Bonchev–Trinajstić information content (AvgIpc) is 2.83. The van der Waals surface area contributed by atoms with Crippen molar-refractivity contribution in [3.05, 3.63) is 0 Å². The summed E-state index contributed by atoms with van der Waals surface area (Å²) in [6.07, 6.45) is 11.8. The SMILES string of the molecule is N#CC1CCC(NCCC2CCCC2)CC1. The molecule has 2 heteroatoms. The fraction of sp³-hybridized carbons (Fsp3) is 0.929. The summed E-state index contributed by atoms with van der Waals surface area (Å²) in [6, 6.07) is 3.10. The summed E-state index contributed by atoms with van der Waals surface area (Å²) >= 11 is 0. The Kier molecular flexibility index (Phi) is 4.66. The highest BCUT2D eigenvalue weighted by atomic mass is 14.9. The molecule has 2 nitrogen and oxygen atoms in total. The number of hydrogen-bond donors (Lipinski definition) is 1. The molecule has 0 spiro atoms. The molecule has 2 rings (SSSR count). The second kappa shape index (κ2) is 6.25. The van der Waals surface area contributed by atoms with Crippen molar-refractivity contribution in [2.45, 2.75) is 63.8 Å². The minimum atomic E-state index is 0.341. The molecule has 16 heavy (non-hydrogen) atoms. The Balaban J connectivity index is 1.55. The Hall–Kier alpha value is -0.550. The largest absolute Gasteiger partial charge is 0.314 e. The van der Waals surface area contributed by atoms with E-state index in [1.54, 1.807) is 0 Å². The predicted molar refractivity (Wildman–Crippen MR) is 65.9 cm³/mol. The number of rotatable bonds is 4. The molecule has 0 aromatic carbocycles. The van der Waals surface area contributed by atoms with Gasteiger partial charge in [-0.3, -0.25) is 0 Å². The van der Waals surface area contributed by atoms with Gasteiger partial charge in [0.05, 0.1) is 6.07 Å². The first-order chi connectivity index (χ1) is 7.88. The summed E-state index contributed by atoms with van der Waals surface area (Å²) in [5.74, 6) is 1.34. The maximum absolute atomic E-state index is 8.83. The second-order valence-corrected chi connectivity index (χ2v) is 5.57. The molecule has 1 N–H and O–H groups in total. The second-order valence-electron chi connectivity index (χ2n) is 5.57. The van der Waals surface area contributed by atoms with Crippen LogP contribution >= 0.6 is 0 Å². The zero-order valence-electron chi connectivity index (χ0n) is 10.3. The first-order valence-corrected chi connectivity index (χ1v) is 7.01. The third-order valence-corrected chi connectivity index (χ3v) is 4.37. The van der Waals surface area contributed by atoms with Crippen LogP contribution in [0.15, 0.2) is 0 Å². The monoisotopic (exact) mass is 220 g/mol. The zero-order chi connectivity index (χ0) is 11.2. The molecule has 0 unspecified atom stereocenters. The lowest BCUT2D eigenvalue weighted by molar-refractivity contribution is 0.323. The first kappa shape index (κ1) is 11.9. The first-order valence-electron chi connectivity index (χ1n) is 7.01. The van der Waals surface area contributed by atoms with Gasteiger partial charge in [0.15, 0.2) is 0 Å². The molecule has 2 aliphatic rings. The van der Waals surface area contributed by atoms with Crippen molar-refractivity contribution in [1.82, 2.24) is 5.32 Å². The Labute approximate surface area is 99.4 Å². The van der Waals surface area contributed by atoms with Gasteiger partial charge in [0.1, 0.15) is 0 Å². The van der Waals surface area contributed by atoms with E-state index >= 15 is 0 Å². The van der Waals surface area contributed by atoms with Gasteiger partial charge in [-0.15, -0.1) is 0 Å². The number of nitriles is 1. The Morgan fingerprint density at radius 1 is 1.00 bits per heavy atom. The lowest BCUT2D eigenvalue weighted by atomic mass is 9.87. The molecule has 0 atom stereocenters. The van der Waals surface area contributed by atoms with Gasteiger partial charge < -0.3 is 5.32 Å². The molecule has 2 aliphatic carbocycles. The minimum absolute atomic E-state index is 0.341. The molecular formula is C14H24N2. The Bertz CT molecular complexity index is 230. The topological polar surface area (TPSA) is 35.8 Å². The molecule has 0 heterocycles. The number of hydrogen-bond acceptors (Lipinski definition) is 2. The molecule has 0 bridgehead atoms. The van der Waals surface area contributed by atoms with Crippen LogP contribution in [0.1, 0.15) is 57.8 Å². The van der Waals surface area contributed by atoms with E-state index in [0.29, 0.717) is 12.0 Å². The molecule has 0 aromatic rings. The smallest absolute Gasteiger partial charge is 0.0655 e. The summed E-state index contributed by atoms with van der Waals surface area (Å²) in [6.45, 7) is 1.20. The van der Waals surface area contributed by atoms with Crippen LogP contribution in [0.5, 0.6) is 0 Å². The lowest BCUT2D eigenvalue weighted by Crippen LogP contribution is -2.34. The lowest BCUT2D eigenvalue weighted by Gasteiger charge is -2.26. The quantitative estimate of drug-likeness (QED) is 0.789. The predicted octanol–water partition coefficient (Wildman–Crippen LogP) is 3.24. The molecule has 0 saturated heterocycles. The highest BCUT2D eigenvalue weighted by molar-refractivity contribution is 4.89. The van der Waals surface area contributed by atoms with Crippen LogP contribution in [0.2, 0.25) is 0 Å². The van der Waals surface area contributed by atoms with Gasteiger partial charge in [-0.05, 0) is 44.6 Å². The van der Waals surface area contributed by atoms with Gasteiger partial charge >= 0.3 is 0 Å².